The lowest BCUT2D eigenvalue weighted by molar-refractivity contribution is 0.410. The molecule has 3 nitrogen and oxygen atoms in total. The van der Waals surface area contributed by atoms with Crippen molar-refractivity contribution in [2.24, 2.45) is 0 Å². The predicted octanol–water partition coefficient (Wildman–Crippen LogP) is 4.54. The molecule has 0 radical (unpaired) electrons. The fraction of sp³-hybridized carbons (Fsp3) is 0.214. The van der Waals surface area contributed by atoms with E-state index in [1.807, 2.05) is 31.3 Å². The first kappa shape index (κ1) is 14.3. The lowest BCUT2D eigenvalue weighted by Crippen LogP contribution is -2.02. The molecule has 2 rings (SSSR count). The molecule has 0 saturated carbocycles. The van der Waals surface area contributed by atoms with Crippen LogP contribution in [-0.4, -0.2) is 12.1 Å². The summed E-state index contributed by atoms with van der Waals surface area (Å²) in [6, 6.07) is 8.02. The molecule has 0 aliphatic rings. The van der Waals surface area contributed by atoms with Crippen LogP contribution in [0.4, 0.5) is 5.69 Å². The summed E-state index contributed by atoms with van der Waals surface area (Å²) in [5.74, 6) is 0.873. The van der Waals surface area contributed by atoms with Gasteiger partial charge in [-0.15, -0.1) is 0 Å². The number of ether oxygens (including phenoxy) is 1. The van der Waals surface area contributed by atoms with Crippen LogP contribution in [0.15, 0.2) is 39.5 Å². The van der Waals surface area contributed by atoms with Gasteiger partial charge in [0.25, 0.3) is 0 Å². The molecule has 2 aromatic rings. The molecule has 0 spiro atoms. The minimum Gasteiger partial charge on any atom is -0.496 e. The summed E-state index contributed by atoms with van der Waals surface area (Å²) in [7, 11) is 1.68. The highest BCUT2D eigenvalue weighted by Gasteiger charge is 2.04. The lowest BCUT2D eigenvalue weighted by Gasteiger charge is -2.11. The zero-order valence-electron chi connectivity index (χ0n) is 10.7. The number of pyridine rings is 1. The lowest BCUT2D eigenvalue weighted by atomic mass is 10.2. The number of aryl methyl sites for hydroxylation is 1. The van der Waals surface area contributed by atoms with E-state index in [0.29, 0.717) is 6.54 Å². The molecule has 0 saturated heterocycles. The number of hydrogen-bond acceptors (Lipinski definition) is 3. The van der Waals surface area contributed by atoms with Gasteiger partial charge in [-0.3, -0.25) is 0 Å². The van der Waals surface area contributed by atoms with Gasteiger partial charge in [0.1, 0.15) is 10.4 Å². The Hall–Kier alpha value is -1.07. The molecular formula is C14H14Br2N2O. The van der Waals surface area contributed by atoms with Gasteiger partial charge >= 0.3 is 0 Å². The SMILES string of the molecule is COc1ccc(Br)cc1CNc1cnc(Br)c(C)c1. The van der Waals surface area contributed by atoms with Gasteiger partial charge in [-0.05, 0) is 52.7 Å². The van der Waals surface area contributed by atoms with E-state index >= 15 is 0 Å². The number of nitrogens with zero attached hydrogens (tertiary/aromatic N) is 1. The molecule has 0 fully saturated rings. The van der Waals surface area contributed by atoms with Gasteiger partial charge in [-0.25, -0.2) is 4.98 Å². The molecule has 1 N–H and O–H groups in total. The minimum absolute atomic E-state index is 0.686. The van der Waals surface area contributed by atoms with E-state index in [-0.39, 0.29) is 0 Å². The highest BCUT2D eigenvalue weighted by molar-refractivity contribution is 9.10. The number of methoxy groups -OCH3 is 1. The molecule has 0 aliphatic heterocycles. The minimum atomic E-state index is 0.686. The molecule has 0 bridgehead atoms. The maximum Gasteiger partial charge on any atom is 0.123 e. The number of benzene rings is 1. The van der Waals surface area contributed by atoms with Gasteiger partial charge in [-0.2, -0.15) is 0 Å². The summed E-state index contributed by atoms with van der Waals surface area (Å²) < 4.78 is 7.26. The molecule has 0 amide bonds. The molecule has 0 atom stereocenters. The number of nitrogens with one attached hydrogen (secondary N) is 1. The highest BCUT2D eigenvalue weighted by Crippen LogP contribution is 2.24. The molecule has 19 heavy (non-hydrogen) atoms. The second-order valence-corrected chi connectivity index (χ2v) is 5.81. The van der Waals surface area contributed by atoms with Crippen LogP contribution in [-0.2, 0) is 6.54 Å². The van der Waals surface area contributed by atoms with Crippen LogP contribution in [0.25, 0.3) is 0 Å². The third kappa shape index (κ3) is 3.70. The third-order valence-corrected chi connectivity index (χ3v) is 4.06. The summed E-state index contributed by atoms with van der Waals surface area (Å²) >= 11 is 6.86. The molecule has 1 heterocycles. The van der Waals surface area contributed by atoms with Crippen molar-refractivity contribution in [1.82, 2.24) is 4.98 Å². The summed E-state index contributed by atoms with van der Waals surface area (Å²) in [4.78, 5) is 4.26. The molecule has 0 aliphatic carbocycles. The van der Waals surface area contributed by atoms with E-state index < -0.39 is 0 Å². The monoisotopic (exact) mass is 384 g/mol. The summed E-state index contributed by atoms with van der Waals surface area (Å²) in [6.07, 6.45) is 1.81. The van der Waals surface area contributed by atoms with E-state index in [1.165, 1.54) is 0 Å². The second kappa shape index (κ2) is 6.39. The van der Waals surface area contributed by atoms with Crippen molar-refractivity contribution in [1.29, 1.82) is 0 Å². The van der Waals surface area contributed by atoms with Gasteiger partial charge in [0.2, 0.25) is 0 Å². The van der Waals surface area contributed by atoms with Crippen LogP contribution in [0, 0.1) is 6.92 Å². The van der Waals surface area contributed by atoms with Gasteiger partial charge in [-0.1, -0.05) is 15.9 Å². The summed E-state index contributed by atoms with van der Waals surface area (Å²) in [5, 5.41) is 3.35. The first-order valence-corrected chi connectivity index (χ1v) is 7.37. The molecular weight excluding hydrogens is 372 g/mol. The Labute approximate surface area is 129 Å². The van der Waals surface area contributed by atoms with Crippen LogP contribution >= 0.6 is 31.9 Å². The summed E-state index contributed by atoms with van der Waals surface area (Å²) in [6.45, 7) is 2.70. The molecule has 0 unspecified atom stereocenters. The Morgan fingerprint density at radius 1 is 1.26 bits per heavy atom. The smallest absolute Gasteiger partial charge is 0.123 e. The Kier molecular flexibility index (Phi) is 4.82. The van der Waals surface area contributed by atoms with Crippen LogP contribution in [0.3, 0.4) is 0 Å². The Bertz CT molecular complexity index is 588. The normalized spacial score (nSPS) is 10.3. The molecule has 100 valence electrons. The van der Waals surface area contributed by atoms with Crippen LogP contribution in [0.2, 0.25) is 0 Å². The topological polar surface area (TPSA) is 34.1 Å². The van der Waals surface area contributed by atoms with E-state index in [0.717, 1.165) is 31.6 Å². The number of aromatic nitrogens is 1. The van der Waals surface area contributed by atoms with Crippen molar-refractivity contribution >= 4 is 37.5 Å². The molecule has 1 aromatic carbocycles. The Morgan fingerprint density at radius 2 is 2.05 bits per heavy atom. The van der Waals surface area contributed by atoms with Gasteiger partial charge in [0.05, 0.1) is 19.0 Å². The first-order valence-electron chi connectivity index (χ1n) is 5.78. The first-order chi connectivity index (χ1) is 9.10. The highest BCUT2D eigenvalue weighted by atomic mass is 79.9. The van der Waals surface area contributed by atoms with E-state index in [4.69, 9.17) is 4.74 Å². The fourth-order valence-corrected chi connectivity index (χ4v) is 2.36. The third-order valence-electron chi connectivity index (χ3n) is 2.74. The van der Waals surface area contributed by atoms with Crippen molar-refractivity contribution in [3.05, 3.63) is 50.7 Å². The average molecular weight is 386 g/mol. The fourth-order valence-electron chi connectivity index (χ4n) is 1.74. The van der Waals surface area contributed by atoms with E-state index in [1.54, 1.807) is 7.11 Å². The van der Waals surface area contributed by atoms with E-state index in [2.05, 4.69) is 48.2 Å². The Morgan fingerprint density at radius 3 is 2.74 bits per heavy atom. The summed E-state index contributed by atoms with van der Waals surface area (Å²) in [5.41, 5.74) is 3.19. The number of hydrogen-bond donors (Lipinski definition) is 1. The zero-order valence-corrected chi connectivity index (χ0v) is 13.9. The van der Waals surface area contributed by atoms with Crippen molar-refractivity contribution in [2.45, 2.75) is 13.5 Å². The van der Waals surface area contributed by atoms with Crippen molar-refractivity contribution in [2.75, 3.05) is 12.4 Å². The number of anilines is 1. The maximum atomic E-state index is 5.35. The van der Waals surface area contributed by atoms with Crippen LogP contribution in [0.5, 0.6) is 5.75 Å². The van der Waals surface area contributed by atoms with Gasteiger partial charge in [0.15, 0.2) is 0 Å². The predicted molar refractivity (Wildman–Crippen MR) is 84.7 cm³/mol. The standard InChI is InChI=1S/C14H14Br2N2O/c1-9-5-12(8-18-14(9)16)17-7-10-6-11(15)3-4-13(10)19-2/h3-6,8,17H,7H2,1-2H3. The average Bonchev–Trinajstić information content (AvgIpc) is 2.40. The van der Waals surface area contributed by atoms with Crippen LogP contribution in [0.1, 0.15) is 11.1 Å². The van der Waals surface area contributed by atoms with Crippen molar-refractivity contribution in [3.63, 3.8) is 0 Å². The van der Waals surface area contributed by atoms with Gasteiger partial charge in [0, 0.05) is 16.6 Å². The molecule has 5 heteroatoms. The second-order valence-electron chi connectivity index (χ2n) is 4.14. The van der Waals surface area contributed by atoms with Crippen molar-refractivity contribution < 1.29 is 4.74 Å². The number of rotatable bonds is 4. The van der Waals surface area contributed by atoms with E-state index in [9.17, 15) is 0 Å². The Balaban J connectivity index is 2.13. The number of halogens is 2. The quantitative estimate of drug-likeness (QED) is 0.784. The zero-order chi connectivity index (χ0) is 13.8. The largest absolute Gasteiger partial charge is 0.496 e. The van der Waals surface area contributed by atoms with Crippen molar-refractivity contribution in [3.8, 4) is 5.75 Å². The van der Waals surface area contributed by atoms with Gasteiger partial charge < -0.3 is 10.1 Å². The molecule has 1 aromatic heterocycles. The maximum absolute atomic E-state index is 5.35. The van der Waals surface area contributed by atoms with Crippen LogP contribution < -0.4 is 10.1 Å².